The Balaban J connectivity index is 1.88. The molecule has 0 saturated carbocycles. The number of carbonyl (C=O) groups excluding carboxylic acids is 1. The number of aromatic hydroxyl groups is 1. The largest absolute Gasteiger partial charge is 0.508 e. The molecule has 0 aliphatic carbocycles. The second-order valence-electron chi connectivity index (χ2n) is 5.15. The molecule has 4 N–H and O–H groups in total. The van der Waals surface area contributed by atoms with E-state index < -0.39 is 5.91 Å². The molecule has 3 rings (SSSR count). The highest BCUT2D eigenvalue weighted by molar-refractivity contribution is 5.99. The zero-order valence-corrected chi connectivity index (χ0v) is 12.7. The van der Waals surface area contributed by atoms with Gasteiger partial charge in [0.2, 0.25) is 0 Å². The highest BCUT2D eigenvalue weighted by atomic mass is 16.3. The Hall–Kier alpha value is -3.48. The second kappa shape index (κ2) is 6.74. The maximum Gasteiger partial charge on any atom is 0.254 e. The van der Waals surface area contributed by atoms with Crippen molar-refractivity contribution >= 4 is 17.9 Å². The summed E-state index contributed by atoms with van der Waals surface area (Å²) in [6, 6.07) is 10.2. The molecule has 7 nitrogen and oxygen atoms in total. The molecule has 24 heavy (non-hydrogen) atoms. The predicted octanol–water partition coefficient (Wildman–Crippen LogP) is 1.95. The average molecular weight is 321 g/mol. The van der Waals surface area contributed by atoms with Gasteiger partial charge in [-0.25, -0.2) is 4.99 Å². The molecular formula is C17H15N5O2. The van der Waals surface area contributed by atoms with E-state index in [1.807, 2.05) is 12.1 Å². The minimum Gasteiger partial charge on any atom is -0.508 e. The third-order valence-electron chi connectivity index (χ3n) is 3.40. The van der Waals surface area contributed by atoms with E-state index in [9.17, 15) is 9.90 Å². The summed E-state index contributed by atoms with van der Waals surface area (Å²) in [5.74, 6) is -0.196. The lowest BCUT2D eigenvalue weighted by molar-refractivity contribution is 0.100. The van der Waals surface area contributed by atoms with Crippen LogP contribution in [0.25, 0.3) is 0 Å². The Kier molecular flexibility index (Phi) is 4.33. The van der Waals surface area contributed by atoms with Crippen LogP contribution in [0, 0.1) is 0 Å². The second-order valence-corrected chi connectivity index (χ2v) is 5.15. The summed E-state index contributed by atoms with van der Waals surface area (Å²) in [5.41, 5.74) is 8.02. The topological polar surface area (TPSA) is 117 Å². The van der Waals surface area contributed by atoms with E-state index >= 15 is 0 Å². The predicted molar refractivity (Wildman–Crippen MR) is 89.5 cm³/mol. The molecule has 120 valence electrons. The Morgan fingerprint density at radius 2 is 2.08 bits per heavy atom. The number of aliphatic imine (C=N–C) groups is 1. The fraction of sp³-hybridized carbons (Fsp3) is 0.0588. The first kappa shape index (κ1) is 15.4. The Bertz CT molecular complexity index is 870. The molecule has 1 aromatic carbocycles. The van der Waals surface area contributed by atoms with Crippen molar-refractivity contribution in [2.24, 2.45) is 10.7 Å². The van der Waals surface area contributed by atoms with Crippen LogP contribution in [0.4, 0.5) is 5.82 Å². The standard InChI is InChI=1S/C17H15N5O2/c18-16(24)15-14(8-12-2-1-7-19-9-12)21-22-17(15)20-10-11-3-5-13(23)6-4-11/h1-7,9-10,23H,8H2,(H2,18,24)(H,21,22). The van der Waals surface area contributed by atoms with Gasteiger partial charge in [0.15, 0.2) is 5.82 Å². The Morgan fingerprint density at radius 1 is 1.29 bits per heavy atom. The number of nitrogens with two attached hydrogens (primary N) is 1. The van der Waals surface area contributed by atoms with E-state index in [0.717, 1.165) is 11.1 Å². The number of pyridine rings is 1. The van der Waals surface area contributed by atoms with Crippen LogP contribution in [0.5, 0.6) is 5.75 Å². The molecule has 0 aliphatic heterocycles. The van der Waals surface area contributed by atoms with Gasteiger partial charge in [-0.15, -0.1) is 0 Å². The van der Waals surface area contributed by atoms with Gasteiger partial charge in [0.05, 0.1) is 5.69 Å². The number of hydrogen-bond acceptors (Lipinski definition) is 5. The molecule has 2 aromatic heterocycles. The zero-order chi connectivity index (χ0) is 16.9. The lowest BCUT2D eigenvalue weighted by Gasteiger charge is -2.00. The van der Waals surface area contributed by atoms with Gasteiger partial charge < -0.3 is 10.8 Å². The highest BCUT2D eigenvalue weighted by Crippen LogP contribution is 2.21. The summed E-state index contributed by atoms with van der Waals surface area (Å²) >= 11 is 0. The van der Waals surface area contributed by atoms with Crippen LogP contribution >= 0.6 is 0 Å². The van der Waals surface area contributed by atoms with Gasteiger partial charge >= 0.3 is 0 Å². The first-order valence-electron chi connectivity index (χ1n) is 7.22. The third kappa shape index (κ3) is 3.46. The van der Waals surface area contributed by atoms with Crippen molar-refractivity contribution in [3.8, 4) is 5.75 Å². The lowest BCUT2D eigenvalue weighted by Crippen LogP contribution is -2.13. The normalized spacial score (nSPS) is 11.0. The van der Waals surface area contributed by atoms with Crippen LogP contribution < -0.4 is 5.73 Å². The van der Waals surface area contributed by atoms with E-state index in [-0.39, 0.29) is 17.1 Å². The quantitative estimate of drug-likeness (QED) is 0.622. The maximum absolute atomic E-state index is 11.8. The van der Waals surface area contributed by atoms with Gasteiger partial charge in [-0.05, 0) is 41.5 Å². The molecule has 0 saturated heterocycles. The number of benzene rings is 1. The number of aromatic nitrogens is 3. The Labute approximate surface area is 137 Å². The van der Waals surface area contributed by atoms with Crippen molar-refractivity contribution in [3.05, 3.63) is 71.2 Å². The smallest absolute Gasteiger partial charge is 0.254 e. The summed E-state index contributed by atoms with van der Waals surface area (Å²) in [5, 5.41) is 16.2. The van der Waals surface area contributed by atoms with Crippen molar-refractivity contribution in [2.45, 2.75) is 6.42 Å². The van der Waals surface area contributed by atoms with Crippen LogP contribution in [0.1, 0.15) is 27.2 Å². The van der Waals surface area contributed by atoms with Crippen LogP contribution in [0.3, 0.4) is 0 Å². The lowest BCUT2D eigenvalue weighted by atomic mass is 10.1. The number of rotatable bonds is 5. The summed E-state index contributed by atoms with van der Waals surface area (Å²) in [6.45, 7) is 0. The fourth-order valence-electron chi connectivity index (χ4n) is 2.25. The van der Waals surface area contributed by atoms with E-state index in [0.29, 0.717) is 12.1 Å². The van der Waals surface area contributed by atoms with E-state index in [1.165, 1.54) is 0 Å². The van der Waals surface area contributed by atoms with Gasteiger partial charge in [-0.1, -0.05) is 6.07 Å². The maximum atomic E-state index is 11.8. The van der Waals surface area contributed by atoms with E-state index in [1.54, 1.807) is 42.9 Å². The third-order valence-corrected chi connectivity index (χ3v) is 3.40. The van der Waals surface area contributed by atoms with Crippen LogP contribution in [-0.2, 0) is 6.42 Å². The molecular weight excluding hydrogens is 306 g/mol. The number of amides is 1. The highest BCUT2D eigenvalue weighted by Gasteiger charge is 2.17. The minimum atomic E-state index is -0.597. The van der Waals surface area contributed by atoms with Gasteiger partial charge in [-0.2, -0.15) is 5.10 Å². The number of phenolic OH excluding ortho intramolecular Hbond substituents is 1. The number of primary amides is 1. The number of phenols is 1. The average Bonchev–Trinajstić information content (AvgIpc) is 2.98. The molecule has 0 atom stereocenters. The number of nitrogens with one attached hydrogen (secondary N) is 1. The van der Waals surface area contributed by atoms with Crippen molar-refractivity contribution in [3.63, 3.8) is 0 Å². The monoisotopic (exact) mass is 321 g/mol. The summed E-state index contributed by atoms with van der Waals surface area (Å²) in [4.78, 5) is 20.1. The Morgan fingerprint density at radius 3 is 2.75 bits per heavy atom. The molecule has 2 heterocycles. The minimum absolute atomic E-state index is 0.170. The molecule has 0 spiro atoms. The van der Waals surface area contributed by atoms with Gasteiger partial charge in [-0.3, -0.25) is 14.9 Å². The number of aromatic amines is 1. The van der Waals surface area contributed by atoms with Crippen LogP contribution in [0.2, 0.25) is 0 Å². The molecule has 0 unspecified atom stereocenters. The van der Waals surface area contributed by atoms with Crippen molar-refractivity contribution in [2.75, 3.05) is 0 Å². The summed E-state index contributed by atoms with van der Waals surface area (Å²) in [7, 11) is 0. The molecule has 1 amide bonds. The van der Waals surface area contributed by atoms with Crippen molar-refractivity contribution in [1.82, 2.24) is 15.2 Å². The van der Waals surface area contributed by atoms with Crippen molar-refractivity contribution in [1.29, 1.82) is 0 Å². The number of carbonyl (C=O) groups is 1. The molecule has 0 aliphatic rings. The summed E-state index contributed by atoms with van der Waals surface area (Å²) < 4.78 is 0. The number of H-pyrrole nitrogens is 1. The van der Waals surface area contributed by atoms with Crippen LogP contribution in [0.15, 0.2) is 53.8 Å². The van der Waals surface area contributed by atoms with Gasteiger partial charge in [0, 0.05) is 25.0 Å². The SMILES string of the molecule is NC(=O)c1c(N=Cc2ccc(O)cc2)n[nH]c1Cc1cccnc1. The van der Waals surface area contributed by atoms with Gasteiger partial charge in [0.1, 0.15) is 11.3 Å². The first-order valence-corrected chi connectivity index (χ1v) is 7.22. The first-order chi connectivity index (χ1) is 11.6. The van der Waals surface area contributed by atoms with E-state index in [2.05, 4.69) is 20.2 Å². The molecule has 3 aromatic rings. The van der Waals surface area contributed by atoms with Gasteiger partial charge in [0.25, 0.3) is 5.91 Å². The number of hydrogen-bond donors (Lipinski definition) is 3. The molecule has 0 bridgehead atoms. The van der Waals surface area contributed by atoms with Crippen molar-refractivity contribution < 1.29 is 9.90 Å². The fourth-order valence-corrected chi connectivity index (χ4v) is 2.25. The zero-order valence-electron chi connectivity index (χ0n) is 12.7. The molecule has 7 heteroatoms. The van der Waals surface area contributed by atoms with Crippen LogP contribution in [-0.4, -0.2) is 32.4 Å². The molecule has 0 fully saturated rings. The van der Waals surface area contributed by atoms with E-state index in [4.69, 9.17) is 5.73 Å². The summed E-state index contributed by atoms with van der Waals surface area (Å²) in [6.07, 6.45) is 5.40. The molecule has 0 radical (unpaired) electrons. The number of nitrogens with zero attached hydrogens (tertiary/aromatic N) is 3.